The fourth-order valence-corrected chi connectivity index (χ4v) is 2.04. The third-order valence-electron chi connectivity index (χ3n) is 3.57. The summed E-state index contributed by atoms with van der Waals surface area (Å²) in [6.45, 7) is 4.31. The number of rotatable bonds is 2. The van der Waals surface area contributed by atoms with Crippen molar-refractivity contribution in [3.05, 3.63) is 34.9 Å². The molecule has 1 unspecified atom stereocenters. The average molecular weight is 189 g/mol. The third kappa shape index (κ3) is 1.69. The van der Waals surface area contributed by atoms with E-state index in [1.807, 2.05) is 0 Å². The van der Waals surface area contributed by atoms with Gasteiger partial charge in [-0.1, -0.05) is 24.6 Å². The lowest BCUT2D eigenvalue weighted by molar-refractivity contribution is 0.264. The Morgan fingerprint density at radius 3 is 2.43 bits per heavy atom. The fourth-order valence-electron chi connectivity index (χ4n) is 2.04. The van der Waals surface area contributed by atoms with Crippen LogP contribution in [0, 0.1) is 19.8 Å². The number of hydrogen-bond donors (Lipinski definition) is 1. The van der Waals surface area contributed by atoms with E-state index in [1.54, 1.807) is 0 Å². The van der Waals surface area contributed by atoms with E-state index in [0.717, 1.165) is 5.92 Å². The number of hydrogen-bond acceptors (Lipinski definition) is 1. The molecule has 1 aromatic carbocycles. The summed E-state index contributed by atoms with van der Waals surface area (Å²) in [7, 11) is 0. The van der Waals surface area contributed by atoms with Crippen molar-refractivity contribution in [2.45, 2.75) is 39.2 Å². The van der Waals surface area contributed by atoms with E-state index in [0.29, 0.717) is 0 Å². The van der Waals surface area contributed by atoms with Gasteiger partial charge in [-0.15, -0.1) is 0 Å². The maximum atomic E-state index is 6.22. The van der Waals surface area contributed by atoms with E-state index in [1.165, 1.54) is 36.0 Å². The van der Waals surface area contributed by atoms with Gasteiger partial charge < -0.3 is 5.73 Å². The zero-order valence-electron chi connectivity index (χ0n) is 9.09. The summed E-state index contributed by atoms with van der Waals surface area (Å²) < 4.78 is 0. The van der Waals surface area contributed by atoms with Gasteiger partial charge in [0.05, 0.1) is 0 Å². The molecule has 76 valence electrons. The first-order valence-corrected chi connectivity index (χ1v) is 5.51. The molecule has 0 saturated heterocycles. The first-order valence-electron chi connectivity index (χ1n) is 5.51. The molecule has 0 heterocycles. The predicted molar refractivity (Wildman–Crippen MR) is 60.2 cm³/mol. The standard InChI is InChI=1S/C13H19N/c1-9-6-7-12(8-10(9)2)13(14)11-4-3-5-11/h6-8,11,13H,3-5,14H2,1-2H3. The van der Waals surface area contributed by atoms with E-state index in [-0.39, 0.29) is 6.04 Å². The maximum absolute atomic E-state index is 6.22. The Labute approximate surface area is 86.3 Å². The lowest BCUT2D eigenvalue weighted by atomic mass is 9.77. The zero-order valence-corrected chi connectivity index (χ0v) is 9.09. The minimum absolute atomic E-state index is 0.267. The van der Waals surface area contributed by atoms with Crippen LogP contribution in [0.4, 0.5) is 0 Å². The topological polar surface area (TPSA) is 26.0 Å². The molecule has 0 spiro atoms. The Morgan fingerprint density at radius 1 is 1.21 bits per heavy atom. The summed E-state index contributed by atoms with van der Waals surface area (Å²) >= 11 is 0. The van der Waals surface area contributed by atoms with Gasteiger partial charge in [-0.3, -0.25) is 0 Å². The van der Waals surface area contributed by atoms with Gasteiger partial charge >= 0.3 is 0 Å². The molecule has 1 saturated carbocycles. The number of aryl methyl sites for hydroxylation is 2. The Kier molecular flexibility index (Phi) is 2.60. The summed E-state index contributed by atoms with van der Waals surface area (Å²) in [6.07, 6.45) is 3.99. The molecule has 2 N–H and O–H groups in total. The van der Waals surface area contributed by atoms with Crippen LogP contribution in [-0.4, -0.2) is 0 Å². The molecule has 1 aliphatic rings. The normalized spacial score (nSPS) is 19.1. The van der Waals surface area contributed by atoms with Gasteiger partial charge in [0.1, 0.15) is 0 Å². The van der Waals surface area contributed by atoms with Gasteiger partial charge in [0.2, 0.25) is 0 Å². The lowest BCUT2D eigenvalue weighted by Crippen LogP contribution is -2.26. The summed E-state index contributed by atoms with van der Waals surface area (Å²) in [5.41, 5.74) is 10.3. The van der Waals surface area contributed by atoms with Crippen LogP contribution in [0.2, 0.25) is 0 Å². The second-order valence-electron chi connectivity index (χ2n) is 4.56. The van der Waals surface area contributed by atoms with Crippen LogP contribution < -0.4 is 5.73 Å². The van der Waals surface area contributed by atoms with Crippen molar-refractivity contribution in [2.75, 3.05) is 0 Å². The van der Waals surface area contributed by atoms with Crippen molar-refractivity contribution in [2.24, 2.45) is 11.7 Å². The molecule has 0 radical (unpaired) electrons. The summed E-state index contributed by atoms with van der Waals surface area (Å²) in [5, 5.41) is 0. The van der Waals surface area contributed by atoms with Crippen molar-refractivity contribution >= 4 is 0 Å². The van der Waals surface area contributed by atoms with E-state index in [2.05, 4.69) is 32.0 Å². The Bertz CT molecular complexity index is 326. The maximum Gasteiger partial charge on any atom is 0.0323 e. The minimum Gasteiger partial charge on any atom is -0.324 e. The molecule has 1 heteroatoms. The number of benzene rings is 1. The molecule has 1 atom stereocenters. The first kappa shape index (κ1) is 9.72. The third-order valence-corrected chi connectivity index (χ3v) is 3.57. The van der Waals surface area contributed by atoms with E-state index >= 15 is 0 Å². The molecular weight excluding hydrogens is 170 g/mol. The largest absolute Gasteiger partial charge is 0.324 e. The highest BCUT2D eigenvalue weighted by atomic mass is 14.7. The molecule has 1 aromatic rings. The summed E-state index contributed by atoms with van der Waals surface area (Å²) in [6, 6.07) is 6.88. The van der Waals surface area contributed by atoms with Gasteiger partial charge in [0.25, 0.3) is 0 Å². The van der Waals surface area contributed by atoms with E-state index in [4.69, 9.17) is 5.73 Å². The Hall–Kier alpha value is -0.820. The molecule has 0 bridgehead atoms. The molecule has 14 heavy (non-hydrogen) atoms. The van der Waals surface area contributed by atoms with Gasteiger partial charge in [-0.2, -0.15) is 0 Å². The summed E-state index contributed by atoms with van der Waals surface area (Å²) in [4.78, 5) is 0. The van der Waals surface area contributed by atoms with Crippen LogP contribution in [0.15, 0.2) is 18.2 Å². The Balaban J connectivity index is 2.18. The second-order valence-corrected chi connectivity index (χ2v) is 4.56. The van der Waals surface area contributed by atoms with E-state index in [9.17, 15) is 0 Å². The number of nitrogens with two attached hydrogens (primary N) is 1. The summed E-state index contributed by atoms with van der Waals surface area (Å²) in [5.74, 6) is 0.733. The van der Waals surface area contributed by atoms with Crippen LogP contribution in [0.5, 0.6) is 0 Å². The van der Waals surface area contributed by atoms with Crippen LogP contribution >= 0.6 is 0 Å². The van der Waals surface area contributed by atoms with E-state index < -0.39 is 0 Å². The monoisotopic (exact) mass is 189 g/mol. The van der Waals surface area contributed by atoms with Crippen LogP contribution in [0.3, 0.4) is 0 Å². The van der Waals surface area contributed by atoms with Gasteiger partial charge in [-0.05, 0) is 49.3 Å². The van der Waals surface area contributed by atoms with Crippen LogP contribution in [-0.2, 0) is 0 Å². The smallest absolute Gasteiger partial charge is 0.0323 e. The van der Waals surface area contributed by atoms with Gasteiger partial charge in [-0.25, -0.2) is 0 Å². The first-order chi connectivity index (χ1) is 6.68. The fraction of sp³-hybridized carbons (Fsp3) is 0.538. The molecule has 0 amide bonds. The molecule has 0 aliphatic heterocycles. The predicted octanol–water partition coefficient (Wildman–Crippen LogP) is 3.10. The average Bonchev–Trinajstić information content (AvgIpc) is 2.06. The zero-order chi connectivity index (χ0) is 10.1. The van der Waals surface area contributed by atoms with Crippen molar-refractivity contribution in [1.82, 2.24) is 0 Å². The van der Waals surface area contributed by atoms with Crippen molar-refractivity contribution in [3.8, 4) is 0 Å². The van der Waals surface area contributed by atoms with Gasteiger partial charge in [0, 0.05) is 6.04 Å². The highest BCUT2D eigenvalue weighted by Crippen LogP contribution is 2.36. The molecule has 1 aliphatic carbocycles. The SMILES string of the molecule is Cc1ccc(C(N)C2CCC2)cc1C. The molecule has 0 aromatic heterocycles. The lowest BCUT2D eigenvalue weighted by Gasteiger charge is -2.31. The van der Waals surface area contributed by atoms with Crippen LogP contribution in [0.1, 0.15) is 42.0 Å². The molecule has 1 fully saturated rings. The van der Waals surface area contributed by atoms with Crippen molar-refractivity contribution in [1.29, 1.82) is 0 Å². The minimum atomic E-state index is 0.267. The van der Waals surface area contributed by atoms with Crippen LogP contribution in [0.25, 0.3) is 0 Å². The highest BCUT2D eigenvalue weighted by Gasteiger charge is 2.25. The van der Waals surface area contributed by atoms with Crippen molar-refractivity contribution < 1.29 is 0 Å². The molecule has 1 nitrogen and oxygen atoms in total. The Morgan fingerprint density at radius 2 is 1.93 bits per heavy atom. The van der Waals surface area contributed by atoms with Crippen molar-refractivity contribution in [3.63, 3.8) is 0 Å². The second kappa shape index (κ2) is 3.74. The van der Waals surface area contributed by atoms with Gasteiger partial charge in [0.15, 0.2) is 0 Å². The quantitative estimate of drug-likeness (QED) is 0.760. The molecular formula is C13H19N. The molecule has 2 rings (SSSR count). The highest BCUT2D eigenvalue weighted by molar-refractivity contribution is 5.32.